The minimum absolute atomic E-state index is 0.0133. The molecule has 1 aliphatic rings. The molecule has 102 valence electrons. The molecule has 2 rings (SSSR count). The minimum Gasteiger partial charge on any atom is -0.450 e. The van der Waals surface area contributed by atoms with Gasteiger partial charge in [0.25, 0.3) is 0 Å². The Morgan fingerprint density at radius 1 is 1.37 bits per heavy atom. The van der Waals surface area contributed by atoms with Crippen LogP contribution in [0.4, 0.5) is 16.2 Å². The molecule has 0 heterocycles. The molecule has 0 spiro atoms. The molecule has 2 amide bonds. The molecule has 0 aromatic heterocycles. The van der Waals surface area contributed by atoms with Crippen LogP contribution in [-0.4, -0.2) is 24.6 Å². The summed E-state index contributed by atoms with van der Waals surface area (Å²) >= 11 is 0. The normalized spacial score (nSPS) is 13.8. The van der Waals surface area contributed by atoms with E-state index in [4.69, 9.17) is 4.74 Å². The zero-order chi connectivity index (χ0) is 13.8. The van der Waals surface area contributed by atoms with Crippen LogP contribution >= 0.6 is 0 Å². The van der Waals surface area contributed by atoms with Gasteiger partial charge in [-0.2, -0.15) is 0 Å². The quantitative estimate of drug-likeness (QED) is 0.907. The van der Waals surface area contributed by atoms with Crippen molar-refractivity contribution in [2.45, 2.75) is 32.7 Å². The lowest BCUT2D eigenvalue weighted by molar-refractivity contribution is -0.116. The van der Waals surface area contributed by atoms with E-state index < -0.39 is 6.09 Å². The fraction of sp³-hybridized carbons (Fsp3) is 0.429. The van der Waals surface area contributed by atoms with E-state index in [9.17, 15) is 9.59 Å². The molecule has 1 N–H and O–H groups in total. The van der Waals surface area contributed by atoms with Gasteiger partial charge in [-0.05, 0) is 31.9 Å². The highest BCUT2D eigenvalue weighted by Crippen LogP contribution is 2.35. The van der Waals surface area contributed by atoms with Crippen LogP contribution in [0, 0.1) is 0 Å². The van der Waals surface area contributed by atoms with Gasteiger partial charge in [-0.3, -0.25) is 10.1 Å². The predicted molar refractivity (Wildman–Crippen MR) is 73.3 cm³/mol. The maximum absolute atomic E-state index is 11.8. The second-order valence-corrected chi connectivity index (χ2v) is 4.48. The Morgan fingerprint density at radius 2 is 2.05 bits per heavy atom. The van der Waals surface area contributed by atoms with Crippen LogP contribution in [0.3, 0.4) is 0 Å². The first kappa shape index (κ1) is 13.4. The Hall–Kier alpha value is -2.04. The number of nitrogens with one attached hydrogen (secondary N) is 1. The van der Waals surface area contributed by atoms with E-state index in [0.29, 0.717) is 12.3 Å². The van der Waals surface area contributed by atoms with E-state index in [0.717, 1.165) is 18.5 Å². The first-order chi connectivity index (χ1) is 9.13. The summed E-state index contributed by atoms with van der Waals surface area (Å²) in [6.45, 7) is 3.60. The predicted octanol–water partition coefficient (Wildman–Crippen LogP) is 2.77. The van der Waals surface area contributed by atoms with Gasteiger partial charge in [0.2, 0.25) is 5.91 Å². The number of carbonyl (C=O) groups excluding carboxylic acids is 2. The maximum Gasteiger partial charge on any atom is 0.411 e. The van der Waals surface area contributed by atoms with Crippen LogP contribution in [0.1, 0.15) is 26.7 Å². The molecule has 5 heteroatoms. The van der Waals surface area contributed by atoms with Crippen LogP contribution in [0.5, 0.6) is 0 Å². The van der Waals surface area contributed by atoms with Gasteiger partial charge in [-0.15, -0.1) is 0 Å². The number of hydrogen-bond acceptors (Lipinski definition) is 3. The molecule has 1 fully saturated rings. The molecular formula is C14H18N2O3. The SMILES string of the molecule is CCOC(=O)Nc1ccccc1N(C(C)=O)C1CC1. The summed E-state index contributed by atoms with van der Waals surface area (Å²) in [5, 5.41) is 2.67. The molecule has 0 aliphatic heterocycles. The van der Waals surface area contributed by atoms with Crippen molar-refractivity contribution < 1.29 is 14.3 Å². The average molecular weight is 262 g/mol. The molecule has 5 nitrogen and oxygen atoms in total. The summed E-state index contributed by atoms with van der Waals surface area (Å²) in [5.41, 5.74) is 1.33. The number of nitrogens with zero attached hydrogens (tertiary/aromatic N) is 1. The molecule has 1 saturated carbocycles. The third-order valence-electron chi connectivity index (χ3n) is 2.93. The lowest BCUT2D eigenvalue weighted by Crippen LogP contribution is -2.31. The lowest BCUT2D eigenvalue weighted by atomic mass is 10.2. The van der Waals surface area contributed by atoms with Crippen molar-refractivity contribution in [3.63, 3.8) is 0 Å². The highest BCUT2D eigenvalue weighted by Gasteiger charge is 2.33. The van der Waals surface area contributed by atoms with Crippen molar-refractivity contribution in [3.8, 4) is 0 Å². The maximum atomic E-state index is 11.8. The van der Waals surface area contributed by atoms with Gasteiger partial charge >= 0.3 is 6.09 Å². The van der Waals surface area contributed by atoms with Gasteiger partial charge in [0, 0.05) is 13.0 Å². The topological polar surface area (TPSA) is 58.6 Å². The molecule has 1 aliphatic carbocycles. The van der Waals surface area contributed by atoms with Crippen molar-refractivity contribution in [2.24, 2.45) is 0 Å². The zero-order valence-corrected chi connectivity index (χ0v) is 11.2. The van der Waals surface area contributed by atoms with Crippen LogP contribution in [0.2, 0.25) is 0 Å². The third-order valence-corrected chi connectivity index (χ3v) is 2.93. The molecule has 0 radical (unpaired) electrons. The van der Waals surface area contributed by atoms with E-state index >= 15 is 0 Å². The van der Waals surface area contributed by atoms with Crippen LogP contribution in [0.25, 0.3) is 0 Å². The number of ether oxygens (including phenoxy) is 1. The largest absolute Gasteiger partial charge is 0.450 e. The number of para-hydroxylation sites is 2. The Morgan fingerprint density at radius 3 is 2.63 bits per heavy atom. The van der Waals surface area contributed by atoms with E-state index in [1.165, 1.54) is 0 Å². The minimum atomic E-state index is -0.505. The van der Waals surface area contributed by atoms with Gasteiger partial charge in [-0.1, -0.05) is 12.1 Å². The van der Waals surface area contributed by atoms with E-state index in [-0.39, 0.29) is 11.9 Å². The van der Waals surface area contributed by atoms with E-state index in [2.05, 4.69) is 5.32 Å². The molecule has 1 aromatic rings. The molecule has 19 heavy (non-hydrogen) atoms. The number of hydrogen-bond donors (Lipinski definition) is 1. The van der Waals surface area contributed by atoms with Crippen LogP contribution < -0.4 is 10.2 Å². The van der Waals surface area contributed by atoms with Crippen molar-refractivity contribution in [1.29, 1.82) is 0 Å². The van der Waals surface area contributed by atoms with Gasteiger partial charge in [0.05, 0.1) is 18.0 Å². The summed E-state index contributed by atoms with van der Waals surface area (Å²) in [6.07, 6.45) is 1.51. The van der Waals surface area contributed by atoms with Crippen molar-refractivity contribution in [3.05, 3.63) is 24.3 Å². The highest BCUT2D eigenvalue weighted by atomic mass is 16.5. The Labute approximate surface area is 112 Å². The third kappa shape index (κ3) is 3.24. The first-order valence-corrected chi connectivity index (χ1v) is 6.46. The fourth-order valence-electron chi connectivity index (χ4n) is 2.02. The van der Waals surface area contributed by atoms with Gasteiger partial charge < -0.3 is 9.64 Å². The number of carbonyl (C=O) groups is 2. The van der Waals surface area contributed by atoms with Crippen molar-refractivity contribution >= 4 is 23.4 Å². The average Bonchev–Trinajstić information content (AvgIpc) is 3.16. The summed E-state index contributed by atoms with van der Waals surface area (Å²) in [6, 6.07) is 7.52. The Kier molecular flexibility index (Phi) is 4.04. The summed E-state index contributed by atoms with van der Waals surface area (Å²) in [5.74, 6) is -0.0133. The monoisotopic (exact) mass is 262 g/mol. The smallest absolute Gasteiger partial charge is 0.411 e. The van der Waals surface area contributed by atoms with Gasteiger partial charge in [0.1, 0.15) is 0 Å². The second-order valence-electron chi connectivity index (χ2n) is 4.48. The molecule has 0 atom stereocenters. The van der Waals surface area contributed by atoms with Crippen molar-refractivity contribution in [2.75, 3.05) is 16.8 Å². The lowest BCUT2D eigenvalue weighted by Gasteiger charge is -2.23. The fourth-order valence-corrected chi connectivity index (χ4v) is 2.02. The van der Waals surface area contributed by atoms with E-state index in [1.807, 2.05) is 18.2 Å². The van der Waals surface area contributed by atoms with Crippen LogP contribution in [-0.2, 0) is 9.53 Å². The van der Waals surface area contributed by atoms with E-state index in [1.54, 1.807) is 24.8 Å². The number of benzene rings is 1. The molecular weight excluding hydrogens is 244 g/mol. The van der Waals surface area contributed by atoms with Crippen LogP contribution in [0.15, 0.2) is 24.3 Å². The molecule has 0 saturated heterocycles. The van der Waals surface area contributed by atoms with Gasteiger partial charge in [-0.25, -0.2) is 4.79 Å². The standard InChI is InChI=1S/C14H18N2O3/c1-3-19-14(18)15-12-6-4-5-7-13(12)16(10(2)17)11-8-9-11/h4-7,11H,3,8-9H2,1-2H3,(H,15,18). The summed E-state index contributed by atoms with van der Waals surface area (Å²) in [4.78, 5) is 25.0. The van der Waals surface area contributed by atoms with Crippen molar-refractivity contribution in [1.82, 2.24) is 0 Å². The zero-order valence-electron chi connectivity index (χ0n) is 11.2. The molecule has 0 unspecified atom stereocenters. The number of amides is 2. The summed E-state index contributed by atoms with van der Waals surface area (Å²) < 4.78 is 4.86. The summed E-state index contributed by atoms with van der Waals surface area (Å²) in [7, 11) is 0. The number of rotatable bonds is 4. The molecule has 0 bridgehead atoms. The first-order valence-electron chi connectivity index (χ1n) is 6.46. The number of anilines is 2. The Bertz CT molecular complexity index is 483. The highest BCUT2D eigenvalue weighted by molar-refractivity contribution is 5.99. The molecule has 1 aromatic carbocycles. The second kappa shape index (κ2) is 5.73. The van der Waals surface area contributed by atoms with Gasteiger partial charge in [0.15, 0.2) is 0 Å². The Balaban J connectivity index is 2.24.